The molecular weight excluding hydrogens is 322 g/mol. The Kier molecular flexibility index (Phi) is 5.97. The van der Waals surface area contributed by atoms with Crippen LogP contribution in [-0.2, 0) is 20.1 Å². The maximum absolute atomic E-state index is 5.64. The first kappa shape index (κ1) is 17.5. The number of hydrogen-bond acceptors (Lipinski definition) is 6. The highest BCUT2D eigenvalue weighted by Crippen LogP contribution is 2.18. The zero-order chi connectivity index (χ0) is 16.9. The highest BCUT2D eigenvalue weighted by molar-refractivity contribution is 7.99. The number of aromatic nitrogens is 3. The second-order valence-corrected chi connectivity index (χ2v) is 7.60. The molecule has 0 atom stereocenters. The molecule has 1 fully saturated rings. The number of nitrogens with zero attached hydrogens (tertiary/aromatic N) is 5. The Morgan fingerprint density at radius 1 is 1.21 bits per heavy atom. The largest absolute Gasteiger partial charge is 0.465 e. The first-order valence-corrected chi connectivity index (χ1v) is 9.57. The second-order valence-electron chi connectivity index (χ2n) is 6.54. The van der Waals surface area contributed by atoms with Crippen molar-refractivity contribution in [2.24, 2.45) is 7.05 Å². The van der Waals surface area contributed by atoms with E-state index in [0.29, 0.717) is 0 Å². The fourth-order valence-electron chi connectivity index (χ4n) is 3.01. The molecule has 2 aromatic rings. The highest BCUT2D eigenvalue weighted by Gasteiger charge is 2.14. The normalized spacial score (nSPS) is 15.7. The first-order valence-electron chi connectivity index (χ1n) is 8.59. The molecule has 0 bridgehead atoms. The van der Waals surface area contributed by atoms with Gasteiger partial charge in [0.2, 0.25) is 0 Å². The van der Waals surface area contributed by atoms with Crippen molar-refractivity contribution < 1.29 is 4.42 Å². The number of hydrogen-bond donors (Lipinski definition) is 0. The average Bonchev–Trinajstić information content (AvgIpc) is 3.26. The van der Waals surface area contributed by atoms with Crippen molar-refractivity contribution in [1.82, 2.24) is 24.6 Å². The summed E-state index contributed by atoms with van der Waals surface area (Å²) in [5, 5.41) is 9.72. The molecule has 7 heteroatoms. The second kappa shape index (κ2) is 8.18. The van der Waals surface area contributed by atoms with Crippen molar-refractivity contribution in [3.8, 4) is 0 Å². The third kappa shape index (κ3) is 4.62. The molecule has 6 nitrogen and oxygen atoms in total. The van der Waals surface area contributed by atoms with Crippen LogP contribution in [0.25, 0.3) is 0 Å². The molecule has 132 valence electrons. The van der Waals surface area contributed by atoms with Gasteiger partial charge in [0.1, 0.15) is 17.3 Å². The summed E-state index contributed by atoms with van der Waals surface area (Å²) in [4.78, 5) is 4.73. The third-order valence-electron chi connectivity index (χ3n) is 4.40. The minimum Gasteiger partial charge on any atom is -0.465 e. The van der Waals surface area contributed by atoms with E-state index in [-0.39, 0.29) is 0 Å². The summed E-state index contributed by atoms with van der Waals surface area (Å²) in [6, 6.07) is 4.03. The lowest BCUT2D eigenvalue weighted by atomic mass is 10.4. The van der Waals surface area contributed by atoms with Crippen LogP contribution in [0, 0.1) is 6.92 Å². The molecule has 0 radical (unpaired) electrons. The summed E-state index contributed by atoms with van der Waals surface area (Å²) < 4.78 is 7.75. The van der Waals surface area contributed by atoms with Gasteiger partial charge < -0.3 is 13.9 Å². The van der Waals surface area contributed by atoms with Gasteiger partial charge in [0.25, 0.3) is 0 Å². The van der Waals surface area contributed by atoms with Gasteiger partial charge in [0.05, 0.1) is 13.1 Å². The smallest absolute Gasteiger partial charge is 0.191 e. The van der Waals surface area contributed by atoms with E-state index < -0.39 is 0 Å². The van der Waals surface area contributed by atoms with Gasteiger partial charge in [-0.3, -0.25) is 4.90 Å². The van der Waals surface area contributed by atoms with E-state index >= 15 is 0 Å². The molecule has 1 saturated heterocycles. The van der Waals surface area contributed by atoms with Crippen LogP contribution < -0.4 is 0 Å². The Morgan fingerprint density at radius 3 is 2.71 bits per heavy atom. The molecular formula is C17H27N5OS. The lowest BCUT2D eigenvalue weighted by molar-refractivity contribution is 0.275. The van der Waals surface area contributed by atoms with Gasteiger partial charge in [-0.2, -0.15) is 0 Å². The van der Waals surface area contributed by atoms with Crippen LogP contribution in [0.3, 0.4) is 0 Å². The van der Waals surface area contributed by atoms with Crippen molar-refractivity contribution in [2.75, 3.05) is 32.4 Å². The molecule has 3 heterocycles. The van der Waals surface area contributed by atoms with Crippen LogP contribution >= 0.6 is 11.8 Å². The van der Waals surface area contributed by atoms with Crippen molar-refractivity contribution in [1.29, 1.82) is 0 Å². The molecule has 2 aromatic heterocycles. The van der Waals surface area contributed by atoms with Crippen LogP contribution in [0.5, 0.6) is 0 Å². The number of rotatable bonds is 8. The van der Waals surface area contributed by atoms with E-state index in [4.69, 9.17) is 4.42 Å². The van der Waals surface area contributed by atoms with Crippen LogP contribution in [0.15, 0.2) is 21.7 Å². The van der Waals surface area contributed by atoms with Crippen LogP contribution in [0.2, 0.25) is 0 Å². The molecule has 0 saturated carbocycles. The molecule has 0 aliphatic carbocycles. The Hall–Kier alpha value is -1.31. The standard InChI is InChI=1S/C17H27N5OS/c1-14-6-7-15(23-14)12-20(2)13-16-18-19-17(21(16)3)24-11-10-22-8-4-5-9-22/h6-7H,4-5,8-13H2,1-3H3. The number of thioether (sulfide) groups is 1. The average molecular weight is 350 g/mol. The van der Waals surface area contributed by atoms with Gasteiger partial charge in [-0.25, -0.2) is 0 Å². The molecule has 0 amide bonds. The van der Waals surface area contributed by atoms with Crippen LogP contribution in [-0.4, -0.2) is 57.0 Å². The summed E-state index contributed by atoms with van der Waals surface area (Å²) in [5.74, 6) is 4.00. The maximum Gasteiger partial charge on any atom is 0.191 e. The zero-order valence-electron chi connectivity index (χ0n) is 14.9. The summed E-state index contributed by atoms with van der Waals surface area (Å²) in [5.41, 5.74) is 0. The van der Waals surface area contributed by atoms with Crippen molar-refractivity contribution in [3.63, 3.8) is 0 Å². The molecule has 0 aromatic carbocycles. The van der Waals surface area contributed by atoms with Crippen molar-refractivity contribution in [2.45, 2.75) is 38.0 Å². The third-order valence-corrected chi connectivity index (χ3v) is 5.40. The van der Waals surface area contributed by atoms with Gasteiger partial charge in [-0.05, 0) is 52.0 Å². The summed E-state index contributed by atoms with van der Waals surface area (Å²) in [7, 11) is 4.13. The van der Waals surface area contributed by atoms with Gasteiger partial charge in [0.15, 0.2) is 5.16 Å². The Labute approximate surface area is 148 Å². The Bertz CT molecular complexity index is 647. The first-order chi connectivity index (χ1) is 11.6. The van der Waals surface area contributed by atoms with Crippen molar-refractivity contribution >= 4 is 11.8 Å². The predicted molar refractivity (Wildman–Crippen MR) is 96.0 cm³/mol. The van der Waals surface area contributed by atoms with E-state index in [1.54, 1.807) is 11.8 Å². The number of likely N-dealkylation sites (tertiary alicyclic amines) is 1. The minimum atomic E-state index is 0.760. The van der Waals surface area contributed by atoms with Gasteiger partial charge in [0, 0.05) is 19.3 Å². The molecule has 1 aliphatic heterocycles. The molecule has 0 unspecified atom stereocenters. The van der Waals surface area contributed by atoms with Crippen LogP contribution in [0.1, 0.15) is 30.2 Å². The molecule has 3 rings (SSSR count). The maximum atomic E-state index is 5.64. The predicted octanol–water partition coefficient (Wildman–Crippen LogP) is 2.54. The van der Waals surface area contributed by atoms with Gasteiger partial charge in [-0.1, -0.05) is 11.8 Å². The van der Waals surface area contributed by atoms with E-state index in [1.165, 1.54) is 25.9 Å². The van der Waals surface area contributed by atoms with E-state index in [0.717, 1.165) is 47.9 Å². The summed E-state index contributed by atoms with van der Waals surface area (Å²) in [6.07, 6.45) is 2.70. The van der Waals surface area contributed by atoms with Gasteiger partial charge in [-0.15, -0.1) is 10.2 Å². The van der Waals surface area contributed by atoms with E-state index in [1.807, 2.05) is 19.1 Å². The number of aryl methyl sites for hydroxylation is 1. The van der Waals surface area contributed by atoms with Gasteiger partial charge >= 0.3 is 0 Å². The van der Waals surface area contributed by atoms with Crippen LogP contribution in [0.4, 0.5) is 0 Å². The summed E-state index contributed by atoms with van der Waals surface area (Å²) >= 11 is 1.80. The zero-order valence-corrected chi connectivity index (χ0v) is 15.7. The highest BCUT2D eigenvalue weighted by atomic mass is 32.2. The quantitative estimate of drug-likeness (QED) is 0.683. The molecule has 1 aliphatic rings. The molecule has 0 N–H and O–H groups in total. The Morgan fingerprint density at radius 2 is 2.00 bits per heavy atom. The lowest BCUT2D eigenvalue weighted by Crippen LogP contribution is -2.22. The minimum absolute atomic E-state index is 0.760. The fraction of sp³-hybridized carbons (Fsp3) is 0.647. The summed E-state index contributed by atoms with van der Waals surface area (Å²) in [6.45, 7) is 7.15. The lowest BCUT2D eigenvalue weighted by Gasteiger charge is -2.15. The topological polar surface area (TPSA) is 50.3 Å². The fourth-order valence-corrected chi connectivity index (χ4v) is 3.94. The van der Waals surface area contributed by atoms with Crippen molar-refractivity contribution in [3.05, 3.63) is 29.5 Å². The number of furan rings is 1. The SMILES string of the molecule is Cc1ccc(CN(C)Cc2nnc(SCCN3CCCC3)n2C)o1. The van der Waals surface area contributed by atoms with E-state index in [9.17, 15) is 0 Å². The van der Waals surface area contributed by atoms with E-state index in [2.05, 4.69) is 38.7 Å². The Balaban J connectivity index is 1.48. The molecule has 24 heavy (non-hydrogen) atoms. The monoisotopic (exact) mass is 349 g/mol. The molecule has 0 spiro atoms.